The first-order valence-electron chi connectivity index (χ1n) is 8.35. The first-order chi connectivity index (χ1) is 13.0. The molecule has 1 aliphatic heterocycles. The van der Waals surface area contributed by atoms with Crippen molar-refractivity contribution in [3.05, 3.63) is 59.9 Å². The molecule has 0 spiro atoms. The Bertz CT molecular complexity index is 770. The topological polar surface area (TPSA) is 48.0 Å². The summed E-state index contributed by atoms with van der Waals surface area (Å²) in [5.74, 6) is -0.225. The lowest BCUT2D eigenvalue weighted by Gasteiger charge is -2.33. The molecule has 8 heteroatoms. The lowest BCUT2D eigenvalue weighted by Crippen LogP contribution is -2.47. The fraction of sp³-hybridized carbons (Fsp3) is 0.316. The molecule has 0 saturated carbocycles. The molecule has 1 atom stereocenters. The normalized spacial score (nSPS) is 17.0. The van der Waals surface area contributed by atoms with E-state index in [1.807, 2.05) is 0 Å². The molecule has 0 bridgehead atoms. The molecule has 144 valence electrons. The molecule has 27 heavy (non-hydrogen) atoms. The Hall–Kier alpha value is -2.74. The summed E-state index contributed by atoms with van der Waals surface area (Å²) in [4.78, 5) is 14.2. The van der Waals surface area contributed by atoms with Gasteiger partial charge in [0.2, 0.25) is 0 Å². The number of rotatable bonds is 6. The van der Waals surface area contributed by atoms with Gasteiger partial charge in [-0.1, -0.05) is 6.07 Å². The van der Waals surface area contributed by atoms with E-state index in [-0.39, 0.29) is 35.7 Å². The summed E-state index contributed by atoms with van der Waals surface area (Å²) in [6.45, 7) is -1.75. The van der Waals surface area contributed by atoms with Crippen molar-refractivity contribution in [3.63, 3.8) is 0 Å². The molecule has 3 rings (SSSR count). The van der Waals surface area contributed by atoms with Gasteiger partial charge < -0.3 is 19.1 Å². The van der Waals surface area contributed by atoms with Gasteiger partial charge in [-0.3, -0.25) is 4.79 Å². The summed E-state index contributed by atoms with van der Waals surface area (Å²) in [5, 5.41) is 0. The van der Waals surface area contributed by atoms with Crippen molar-refractivity contribution in [3.8, 4) is 11.5 Å². The first kappa shape index (κ1) is 19.0. The average Bonchev–Trinajstić information content (AvgIpc) is 2.67. The van der Waals surface area contributed by atoms with Crippen LogP contribution in [0.5, 0.6) is 11.5 Å². The minimum absolute atomic E-state index is 0.0692. The maximum Gasteiger partial charge on any atom is 0.387 e. The van der Waals surface area contributed by atoms with Crippen LogP contribution in [0, 0.1) is 5.82 Å². The van der Waals surface area contributed by atoms with Gasteiger partial charge >= 0.3 is 6.61 Å². The van der Waals surface area contributed by atoms with Crippen LogP contribution in [0.15, 0.2) is 48.5 Å². The van der Waals surface area contributed by atoms with E-state index in [0.29, 0.717) is 25.4 Å². The lowest BCUT2D eigenvalue weighted by atomic mass is 10.1. The van der Waals surface area contributed by atoms with Crippen LogP contribution in [0.4, 0.5) is 13.2 Å². The smallest absolute Gasteiger partial charge is 0.387 e. The second kappa shape index (κ2) is 8.77. The van der Waals surface area contributed by atoms with Gasteiger partial charge in [-0.05, 0) is 42.5 Å². The number of nitrogens with zero attached hydrogens (tertiary/aromatic N) is 1. The lowest BCUT2D eigenvalue weighted by molar-refractivity contribution is -0.0500. The molecule has 1 saturated heterocycles. The van der Waals surface area contributed by atoms with Crippen molar-refractivity contribution < 1.29 is 32.2 Å². The second-order valence-electron chi connectivity index (χ2n) is 5.92. The van der Waals surface area contributed by atoms with Gasteiger partial charge in [-0.15, -0.1) is 0 Å². The van der Waals surface area contributed by atoms with E-state index in [0.717, 1.165) is 0 Å². The Morgan fingerprint density at radius 1 is 1.19 bits per heavy atom. The van der Waals surface area contributed by atoms with Crippen LogP contribution in [-0.4, -0.2) is 49.8 Å². The Kier molecular flexibility index (Phi) is 6.18. The average molecular weight is 381 g/mol. The number of hydrogen-bond acceptors (Lipinski definition) is 4. The van der Waals surface area contributed by atoms with Crippen LogP contribution in [0.3, 0.4) is 0 Å². The monoisotopic (exact) mass is 381 g/mol. The van der Waals surface area contributed by atoms with Crippen molar-refractivity contribution in [2.75, 3.05) is 26.3 Å². The summed E-state index contributed by atoms with van der Waals surface area (Å²) in [6, 6.07) is 11.3. The van der Waals surface area contributed by atoms with E-state index in [2.05, 4.69) is 4.74 Å². The molecule has 0 aromatic heterocycles. The third-order valence-electron chi connectivity index (χ3n) is 3.98. The molecule has 0 N–H and O–H groups in total. The van der Waals surface area contributed by atoms with Gasteiger partial charge in [-0.2, -0.15) is 8.78 Å². The molecule has 1 aliphatic rings. The highest BCUT2D eigenvalue weighted by molar-refractivity contribution is 5.94. The number of morpholine rings is 1. The van der Waals surface area contributed by atoms with E-state index < -0.39 is 6.61 Å². The number of ether oxygens (including phenoxy) is 3. The molecular formula is C19H18F3NO4. The van der Waals surface area contributed by atoms with Gasteiger partial charge in [0.1, 0.15) is 30.0 Å². The van der Waals surface area contributed by atoms with Gasteiger partial charge in [0.25, 0.3) is 5.91 Å². The largest absolute Gasteiger partial charge is 0.491 e. The van der Waals surface area contributed by atoms with Gasteiger partial charge in [0, 0.05) is 12.1 Å². The zero-order valence-electron chi connectivity index (χ0n) is 14.3. The molecule has 1 fully saturated rings. The molecular weight excluding hydrogens is 363 g/mol. The SMILES string of the molecule is O=C(c1cccc(OC(F)F)c1)N1CCOC(COc2ccc(F)cc2)C1. The summed E-state index contributed by atoms with van der Waals surface area (Å²) in [5.41, 5.74) is 0.258. The van der Waals surface area contributed by atoms with E-state index in [4.69, 9.17) is 9.47 Å². The van der Waals surface area contributed by atoms with Crippen molar-refractivity contribution in [1.82, 2.24) is 4.90 Å². The number of hydrogen-bond donors (Lipinski definition) is 0. The summed E-state index contributed by atoms with van der Waals surface area (Å²) < 4.78 is 53.1. The third kappa shape index (κ3) is 5.37. The quantitative estimate of drug-likeness (QED) is 0.770. The third-order valence-corrected chi connectivity index (χ3v) is 3.98. The fourth-order valence-electron chi connectivity index (χ4n) is 2.71. The standard InChI is InChI=1S/C19H18F3NO4/c20-14-4-6-15(7-5-14)26-12-17-11-23(8-9-25-17)18(24)13-2-1-3-16(10-13)27-19(21)22/h1-7,10,17,19H,8-9,11-12H2. The second-order valence-corrected chi connectivity index (χ2v) is 5.92. The minimum Gasteiger partial charge on any atom is -0.491 e. The van der Waals surface area contributed by atoms with Crippen molar-refractivity contribution >= 4 is 5.91 Å². The predicted octanol–water partition coefficient (Wildman–Crippen LogP) is 3.35. The van der Waals surface area contributed by atoms with E-state index in [9.17, 15) is 18.0 Å². The number of benzene rings is 2. The summed E-state index contributed by atoms with van der Waals surface area (Å²) in [7, 11) is 0. The highest BCUT2D eigenvalue weighted by Crippen LogP contribution is 2.19. The molecule has 0 aliphatic carbocycles. The zero-order valence-corrected chi connectivity index (χ0v) is 14.3. The van der Waals surface area contributed by atoms with E-state index >= 15 is 0 Å². The highest BCUT2D eigenvalue weighted by atomic mass is 19.3. The van der Waals surface area contributed by atoms with E-state index in [1.54, 1.807) is 11.0 Å². The Balaban J connectivity index is 1.58. The molecule has 1 heterocycles. The summed E-state index contributed by atoms with van der Waals surface area (Å²) >= 11 is 0. The van der Waals surface area contributed by atoms with E-state index in [1.165, 1.54) is 42.5 Å². The molecule has 0 radical (unpaired) electrons. The van der Waals surface area contributed by atoms with Crippen LogP contribution in [0.2, 0.25) is 0 Å². The van der Waals surface area contributed by atoms with Crippen LogP contribution < -0.4 is 9.47 Å². The van der Waals surface area contributed by atoms with Crippen molar-refractivity contribution in [2.24, 2.45) is 0 Å². The van der Waals surface area contributed by atoms with Gasteiger partial charge in [0.05, 0.1) is 13.2 Å². The number of alkyl halides is 2. The number of amides is 1. The van der Waals surface area contributed by atoms with Crippen LogP contribution >= 0.6 is 0 Å². The Morgan fingerprint density at radius 2 is 1.96 bits per heavy atom. The minimum atomic E-state index is -2.95. The summed E-state index contributed by atoms with van der Waals surface area (Å²) in [6.07, 6.45) is -0.353. The van der Waals surface area contributed by atoms with Crippen molar-refractivity contribution in [1.29, 1.82) is 0 Å². The maximum absolute atomic E-state index is 12.9. The van der Waals surface area contributed by atoms with Crippen molar-refractivity contribution in [2.45, 2.75) is 12.7 Å². The highest BCUT2D eigenvalue weighted by Gasteiger charge is 2.26. The maximum atomic E-state index is 12.9. The number of halogens is 3. The van der Waals surface area contributed by atoms with Crippen LogP contribution in [0.1, 0.15) is 10.4 Å². The fourth-order valence-corrected chi connectivity index (χ4v) is 2.71. The Labute approximate surface area is 154 Å². The van der Waals surface area contributed by atoms with Crippen LogP contribution in [-0.2, 0) is 4.74 Å². The molecule has 1 unspecified atom stereocenters. The molecule has 1 amide bonds. The predicted molar refractivity (Wildman–Crippen MR) is 90.6 cm³/mol. The zero-order chi connectivity index (χ0) is 19.2. The number of carbonyl (C=O) groups is 1. The molecule has 2 aromatic rings. The van der Waals surface area contributed by atoms with Gasteiger partial charge in [0.15, 0.2) is 0 Å². The van der Waals surface area contributed by atoms with Gasteiger partial charge in [-0.25, -0.2) is 4.39 Å². The first-order valence-corrected chi connectivity index (χ1v) is 8.35. The Morgan fingerprint density at radius 3 is 2.70 bits per heavy atom. The molecule has 2 aromatic carbocycles. The van der Waals surface area contributed by atoms with Crippen LogP contribution in [0.25, 0.3) is 0 Å². The molecule has 5 nitrogen and oxygen atoms in total. The number of carbonyl (C=O) groups excluding carboxylic acids is 1.